The highest BCUT2D eigenvalue weighted by Crippen LogP contribution is 2.16. The van der Waals surface area contributed by atoms with Crippen molar-refractivity contribution in [2.45, 2.75) is 25.4 Å². The van der Waals surface area contributed by atoms with Crippen LogP contribution in [0.15, 0.2) is 23.2 Å². The van der Waals surface area contributed by atoms with E-state index in [1.54, 1.807) is 23.5 Å². The Bertz CT molecular complexity index is 588. The van der Waals surface area contributed by atoms with Gasteiger partial charge in [0, 0.05) is 25.2 Å². The molecule has 1 amide bonds. The van der Waals surface area contributed by atoms with Crippen LogP contribution in [0.3, 0.4) is 0 Å². The van der Waals surface area contributed by atoms with E-state index in [1.807, 2.05) is 16.3 Å². The molecule has 1 aliphatic rings. The molecule has 2 aromatic rings. The van der Waals surface area contributed by atoms with Gasteiger partial charge < -0.3 is 10.2 Å². The normalized spacial score (nSPS) is 18.6. The van der Waals surface area contributed by atoms with Crippen LogP contribution in [0, 0.1) is 0 Å². The molecular formula is C14H19N5OS. The number of aromatic nitrogens is 3. The fourth-order valence-corrected chi connectivity index (χ4v) is 3.09. The first-order valence-electron chi connectivity index (χ1n) is 7.12. The summed E-state index contributed by atoms with van der Waals surface area (Å²) in [5.41, 5.74) is 3.18. The Kier molecular flexibility index (Phi) is 4.31. The molecule has 1 fully saturated rings. The van der Waals surface area contributed by atoms with Crippen LogP contribution in [0.1, 0.15) is 35.1 Å². The van der Waals surface area contributed by atoms with Gasteiger partial charge in [-0.1, -0.05) is 0 Å². The summed E-state index contributed by atoms with van der Waals surface area (Å²) in [7, 11) is 1.78. The van der Waals surface area contributed by atoms with E-state index in [0.717, 1.165) is 31.6 Å². The minimum absolute atomic E-state index is 0.0643. The van der Waals surface area contributed by atoms with E-state index in [1.165, 1.54) is 11.3 Å². The van der Waals surface area contributed by atoms with Gasteiger partial charge in [-0.2, -0.15) is 5.10 Å². The molecule has 2 aromatic heterocycles. The van der Waals surface area contributed by atoms with E-state index >= 15 is 0 Å². The number of thiazole rings is 1. The fraction of sp³-hybridized carbons (Fsp3) is 0.500. The minimum atomic E-state index is -0.0643. The summed E-state index contributed by atoms with van der Waals surface area (Å²) in [6, 6.07) is 2.15. The molecule has 0 bridgehead atoms. The number of piperidine rings is 1. The predicted octanol–water partition coefficient (Wildman–Crippen LogP) is 1.54. The number of carbonyl (C=O) groups excluding carboxylic acids is 1. The van der Waals surface area contributed by atoms with E-state index in [0.29, 0.717) is 18.3 Å². The Morgan fingerprint density at radius 2 is 2.52 bits per heavy atom. The van der Waals surface area contributed by atoms with Crippen LogP contribution < -0.4 is 5.32 Å². The van der Waals surface area contributed by atoms with Gasteiger partial charge in [-0.15, -0.1) is 11.3 Å². The summed E-state index contributed by atoms with van der Waals surface area (Å²) in [5.74, 6) is -0.0643. The molecule has 3 heterocycles. The summed E-state index contributed by atoms with van der Waals surface area (Å²) >= 11 is 1.54. The van der Waals surface area contributed by atoms with Crippen molar-refractivity contribution in [2.75, 3.05) is 20.1 Å². The van der Waals surface area contributed by atoms with Gasteiger partial charge in [0.1, 0.15) is 5.69 Å². The van der Waals surface area contributed by atoms with Crippen molar-refractivity contribution < 1.29 is 4.79 Å². The quantitative estimate of drug-likeness (QED) is 0.930. The molecule has 0 radical (unpaired) electrons. The van der Waals surface area contributed by atoms with Crippen LogP contribution in [0.25, 0.3) is 0 Å². The average Bonchev–Trinajstić information content (AvgIpc) is 3.18. The highest BCUT2D eigenvalue weighted by atomic mass is 32.1. The minimum Gasteiger partial charge on any atom is -0.334 e. The van der Waals surface area contributed by atoms with Crippen LogP contribution in [0.2, 0.25) is 0 Å². The van der Waals surface area contributed by atoms with Gasteiger partial charge in [-0.3, -0.25) is 9.48 Å². The summed E-state index contributed by atoms with van der Waals surface area (Å²) in [5, 5.41) is 9.77. The summed E-state index contributed by atoms with van der Waals surface area (Å²) in [6.45, 7) is 2.50. The first-order valence-corrected chi connectivity index (χ1v) is 8.07. The first kappa shape index (κ1) is 14.2. The smallest absolute Gasteiger partial charge is 0.274 e. The maximum absolute atomic E-state index is 12.4. The van der Waals surface area contributed by atoms with Gasteiger partial charge in [-0.25, -0.2) is 4.98 Å². The number of hydrogen-bond acceptors (Lipinski definition) is 5. The molecule has 1 unspecified atom stereocenters. The Hall–Kier alpha value is -1.73. The van der Waals surface area contributed by atoms with Gasteiger partial charge in [0.2, 0.25) is 0 Å². The fourth-order valence-electron chi connectivity index (χ4n) is 2.54. The first-order chi connectivity index (χ1) is 10.2. The van der Waals surface area contributed by atoms with Crippen molar-refractivity contribution in [3.05, 3.63) is 34.5 Å². The third-order valence-corrected chi connectivity index (χ3v) is 4.34. The Labute approximate surface area is 127 Å². The van der Waals surface area contributed by atoms with Gasteiger partial charge in [-0.05, 0) is 25.5 Å². The van der Waals surface area contributed by atoms with E-state index in [4.69, 9.17) is 0 Å². The number of amides is 1. The number of nitrogens with one attached hydrogen (secondary N) is 1. The van der Waals surface area contributed by atoms with E-state index < -0.39 is 0 Å². The van der Waals surface area contributed by atoms with Gasteiger partial charge in [0.05, 0.1) is 23.8 Å². The molecule has 1 N–H and O–H groups in total. The number of rotatable bonds is 4. The predicted molar refractivity (Wildman–Crippen MR) is 81.3 cm³/mol. The standard InChI is InChI=1S/C14H19N5OS/c1-18(8-11-9-21-10-16-11)14(20)13-4-6-19(17-13)12-3-2-5-15-7-12/h4,6,9-10,12,15H,2-3,5,7-8H2,1H3. The molecule has 0 spiro atoms. The monoisotopic (exact) mass is 305 g/mol. The zero-order valence-electron chi connectivity index (χ0n) is 12.0. The summed E-state index contributed by atoms with van der Waals surface area (Å²) < 4.78 is 1.91. The lowest BCUT2D eigenvalue weighted by atomic mass is 10.1. The molecule has 1 aliphatic heterocycles. The average molecular weight is 305 g/mol. The third-order valence-electron chi connectivity index (χ3n) is 3.70. The van der Waals surface area contributed by atoms with Crippen molar-refractivity contribution in [2.24, 2.45) is 0 Å². The van der Waals surface area contributed by atoms with Gasteiger partial charge in [0.15, 0.2) is 0 Å². The maximum atomic E-state index is 12.4. The van der Waals surface area contributed by atoms with Crippen LogP contribution in [-0.4, -0.2) is 45.7 Å². The van der Waals surface area contributed by atoms with Crippen LogP contribution >= 0.6 is 11.3 Å². The largest absolute Gasteiger partial charge is 0.334 e. The second-order valence-corrected chi connectivity index (χ2v) is 6.04. The molecule has 1 atom stereocenters. The Morgan fingerprint density at radius 3 is 3.24 bits per heavy atom. The molecule has 0 saturated carbocycles. The molecule has 1 saturated heterocycles. The van der Waals surface area contributed by atoms with E-state index in [9.17, 15) is 4.79 Å². The van der Waals surface area contributed by atoms with Crippen molar-refractivity contribution in [3.63, 3.8) is 0 Å². The van der Waals surface area contributed by atoms with Crippen molar-refractivity contribution in [3.8, 4) is 0 Å². The Balaban J connectivity index is 1.65. The van der Waals surface area contributed by atoms with Crippen LogP contribution in [0.4, 0.5) is 0 Å². The SMILES string of the molecule is CN(Cc1cscn1)C(=O)c1ccn(C2CCCNC2)n1. The second kappa shape index (κ2) is 6.36. The molecule has 0 aromatic carbocycles. The number of nitrogens with zero attached hydrogens (tertiary/aromatic N) is 4. The van der Waals surface area contributed by atoms with E-state index in [-0.39, 0.29) is 5.91 Å². The number of carbonyl (C=O) groups is 1. The van der Waals surface area contributed by atoms with Gasteiger partial charge >= 0.3 is 0 Å². The highest BCUT2D eigenvalue weighted by molar-refractivity contribution is 7.07. The lowest BCUT2D eigenvalue weighted by Gasteiger charge is -2.23. The van der Waals surface area contributed by atoms with Crippen molar-refractivity contribution >= 4 is 17.2 Å². The molecule has 112 valence electrons. The zero-order chi connectivity index (χ0) is 14.7. The molecule has 3 rings (SSSR count). The van der Waals surface area contributed by atoms with Crippen molar-refractivity contribution in [1.29, 1.82) is 0 Å². The maximum Gasteiger partial charge on any atom is 0.274 e. The third kappa shape index (κ3) is 3.30. The number of hydrogen-bond donors (Lipinski definition) is 1. The van der Waals surface area contributed by atoms with Gasteiger partial charge in [0.25, 0.3) is 5.91 Å². The zero-order valence-corrected chi connectivity index (χ0v) is 12.8. The van der Waals surface area contributed by atoms with Crippen LogP contribution in [0.5, 0.6) is 0 Å². The van der Waals surface area contributed by atoms with Crippen molar-refractivity contribution in [1.82, 2.24) is 25.0 Å². The second-order valence-electron chi connectivity index (χ2n) is 5.32. The molecular weight excluding hydrogens is 286 g/mol. The van der Waals surface area contributed by atoms with E-state index in [2.05, 4.69) is 15.4 Å². The lowest BCUT2D eigenvalue weighted by molar-refractivity contribution is 0.0776. The molecule has 7 heteroatoms. The molecule has 6 nitrogen and oxygen atoms in total. The molecule has 0 aliphatic carbocycles. The Morgan fingerprint density at radius 1 is 1.62 bits per heavy atom. The summed E-state index contributed by atoms with van der Waals surface area (Å²) in [4.78, 5) is 18.2. The highest BCUT2D eigenvalue weighted by Gasteiger charge is 2.19. The molecule has 21 heavy (non-hydrogen) atoms. The topological polar surface area (TPSA) is 63.1 Å². The summed E-state index contributed by atoms with van der Waals surface area (Å²) in [6.07, 6.45) is 4.16. The lowest BCUT2D eigenvalue weighted by Crippen LogP contribution is -2.32. The van der Waals surface area contributed by atoms with Crippen LogP contribution in [-0.2, 0) is 6.54 Å².